The third kappa shape index (κ3) is 3.12. The molecule has 0 atom stereocenters. The topological polar surface area (TPSA) is 28.2 Å². The van der Waals surface area contributed by atoms with Gasteiger partial charge in [0, 0.05) is 25.5 Å². The molecule has 1 aromatic carbocycles. The van der Waals surface area contributed by atoms with E-state index in [-0.39, 0.29) is 0 Å². The van der Waals surface area contributed by atoms with Crippen molar-refractivity contribution in [2.75, 3.05) is 25.0 Å². The van der Waals surface area contributed by atoms with Crippen LogP contribution in [0.1, 0.15) is 12.5 Å². The molecule has 0 saturated heterocycles. The van der Waals surface area contributed by atoms with Gasteiger partial charge in [0.05, 0.1) is 5.52 Å². The van der Waals surface area contributed by atoms with E-state index in [2.05, 4.69) is 48.0 Å². The first-order valence-electron chi connectivity index (χ1n) is 6.67. The predicted octanol–water partition coefficient (Wildman–Crippen LogP) is 2.97. The van der Waals surface area contributed by atoms with E-state index in [4.69, 9.17) is 4.98 Å². The summed E-state index contributed by atoms with van der Waals surface area (Å²) in [7, 11) is 2.04. The van der Waals surface area contributed by atoms with Crippen LogP contribution in [-0.4, -0.2) is 25.1 Å². The Morgan fingerprint density at radius 1 is 1.37 bits per heavy atom. The van der Waals surface area contributed by atoms with E-state index < -0.39 is 0 Å². The number of likely N-dealkylation sites (N-methyl/N-ethyl adjacent to an activating group) is 1. The second kappa shape index (κ2) is 6.34. The molecule has 2 rings (SSSR count). The van der Waals surface area contributed by atoms with E-state index >= 15 is 0 Å². The third-order valence-corrected chi connectivity index (χ3v) is 3.15. The number of hydrogen-bond acceptors (Lipinski definition) is 3. The monoisotopic (exact) mass is 255 g/mol. The van der Waals surface area contributed by atoms with Gasteiger partial charge in [-0.1, -0.05) is 31.2 Å². The molecule has 0 saturated carbocycles. The Bertz CT molecular complexity index is 563. The van der Waals surface area contributed by atoms with Crippen molar-refractivity contribution in [3.63, 3.8) is 0 Å². The van der Waals surface area contributed by atoms with Crippen LogP contribution in [0.4, 0.5) is 5.82 Å². The molecule has 0 aliphatic rings. The van der Waals surface area contributed by atoms with Gasteiger partial charge in [-0.05, 0) is 24.2 Å². The summed E-state index contributed by atoms with van der Waals surface area (Å²) in [6, 6.07) is 10.5. The lowest BCUT2D eigenvalue weighted by Gasteiger charge is -2.18. The molecule has 3 nitrogen and oxygen atoms in total. The largest absolute Gasteiger partial charge is 0.356 e. The highest BCUT2D eigenvalue weighted by atomic mass is 15.2. The fourth-order valence-corrected chi connectivity index (χ4v) is 2.12. The molecule has 0 bridgehead atoms. The Kier molecular flexibility index (Phi) is 4.53. The van der Waals surface area contributed by atoms with E-state index in [1.165, 1.54) is 10.9 Å². The number of nitrogens with one attached hydrogen (secondary N) is 1. The molecule has 0 aliphatic heterocycles. The molecule has 0 spiro atoms. The number of nitrogens with zero attached hydrogens (tertiary/aromatic N) is 2. The van der Waals surface area contributed by atoms with Crippen LogP contribution in [0, 0.1) is 0 Å². The van der Waals surface area contributed by atoms with Crippen LogP contribution in [0.2, 0.25) is 0 Å². The first-order valence-corrected chi connectivity index (χ1v) is 6.67. The molecule has 1 heterocycles. The molecule has 0 amide bonds. The molecule has 100 valence electrons. The average molecular weight is 255 g/mol. The fourth-order valence-electron chi connectivity index (χ4n) is 2.12. The Labute approximate surface area is 115 Å². The Balaban J connectivity index is 2.46. The summed E-state index contributed by atoms with van der Waals surface area (Å²) in [5.41, 5.74) is 2.34. The molecule has 0 radical (unpaired) electrons. The van der Waals surface area contributed by atoms with Crippen molar-refractivity contribution in [1.29, 1.82) is 0 Å². The van der Waals surface area contributed by atoms with Crippen molar-refractivity contribution in [2.24, 2.45) is 0 Å². The average Bonchev–Trinajstić information content (AvgIpc) is 2.44. The van der Waals surface area contributed by atoms with Crippen LogP contribution in [0.25, 0.3) is 10.9 Å². The van der Waals surface area contributed by atoms with Gasteiger partial charge in [-0.25, -0.2) is 4.98 Å². The number of hydrogen-bond donors (Lipinski definition) is 1. The molecule has 0 aliphatic carbocycles. The second-order valence-electron chi connectivity index (χ2n) is 4.61. The summed E-state index contributed by atoms with van der Waals surface area (Å²) in [5, 5.41) is 4.61. The van der Waals surface area contributed by atoms with Gasteiger partial charge in [0.1, 0.15) is 5.82 Å². The van der Waals surface area contributed by atoms with Crippen LogP contribution in [0.5, 0.6) is 0 Å². The van der Waals surface area contributed by atoms with Gasteiger partial charge in [0.2, 0.25) is 0 Å². The molecule has 2 aromatic rings. The zero-order valence-electron chi connectivity index (χ0n) is 11.7. The maximum atomic E-state index is 4.71. The fraction of sp³-hybridized carbons (Fsp3) is 0.312. The number of aromatic nitrogens is 1. The summed E-state index contributed by atoms with van der Waals surface area (Å²) in [6.45, 7) is 8.53. The van der Waals surface area contributed by atoms with Crippen LogP contribution in [-0.2, 0) is 6.54 Å². The van der Waals surface area contributed by atoms with Crippen LogP contribution < -0.4 is 10.2 Å². The van der Waals surface area contributed by atoms with Crippen molar-refractivity contribution in [3.8, 4) is 0 Å². The summed E-state index contributed by atoms with van der Waals surface area (Å²) >= 11 is 0. The summed E-state index contributed by atoms with van der Waals surface area (Å²) in [5.74, 6) is 0.992. The summed E-state index contributed by atoms with van der Waals surface area (Å²) in [4.78, 5) is 6.82. The summed E-state index contributed by atoms with van der Waals surface area (Å²) in [6.07, 6.45) is 1.89. The highest BCUT2D eigenvalue weighted by molar-refractivity contribution is 5.84. The number of anilines is 1. The lowest BCUT2D eigenvalue weighted by molar-refractivity contribution is 0.729. The van der Waals surface area contributed by atoms with Crippen LogP contribution in [0.15, 0.2) is 43.0 Å². The minimum atomic E-state index is 0.798. The zero-order chi connectivity index (χ0) is 13.7. The molecule has 3 heteroatoms. The lowest BCUT2D eigenvalue weighted by Crippen LogP contribution is -2.19. The standard InChI is InChI=1S/C16H21N3/c1-4-10-19(3)16-11-13(12-17-5-2)14-8-6-7-9-15(14)18-16/h4,6-9,11,17H,1,5,10,12H2,2-3H3. The highest BCUT2D eigenvalue weighted by Gasteiger charge is 2.07. The number of para-hydroxylation sites is 1. The van der Waals surface area contributed by atoms with Gasteiger partial charge in [-0.15, -0.1) is 6.58 Å². The highest BCUT2D eigenvalue weighted by Crippen LogP contribution is 2.22. The Hall–Kier alpha value is -1.87. The number of pyridine rings is 1. The number of rotatable bonds is 6. The Morgan fingerprint density at radius 2 is 2.16 bits per heavy atom. The first kappa shape index (κ1) is 13.6. The van der Waals surface area contributed by atoms with Gasteiger partial charge in [0.15, 0.2) is 0 Å². The lowest BCUT2D eigenvalue weighted by atomic mass is 10.1. The molecule has 19 heavy (non-hydrogen) atoms. The van der Waals surface area contributed by atoms with Gasteiger partial charge in [0.25, 0.3) is 0 Å². The summed E-state index contributed by atoms with van der Waals surface area (Å²) < 4.78 is 0. The van der Waals surface area contributed by atoms with E-state index in [1.54, 1.807) is 0 Å². The minimum absolute atomic E-state index is 0.798. The molecular formula is C16H21N3. The van der Waals surface area contributed by atoms with Crippen LogP contribution >= 0.6 is 0 Å². The van der Waals surface area contributed by atoms with Crippen molar-refractivity contribution >= 4 is 16.7 Å². The van der Waals surface area contributed by atoms with Gasteiger partial charge < -0.3 is 10.2 Å². The normalized spacial score (nSPS) is 10.6. The van der Waals surface area contributed by atoms with Gasteiger partial charge >= 0.3 is 0 Å². The number of benzene rings is 1. The smallest absolute Gasteiger partial charge is 0.129 e. The van der Waals surface area contributed by atoms with Crippen molar-refractivity contribution < 1.29 is 0 Å². The maximum Gasteiger partial charge on any atom is 0.129 e. The number of fused-ring (bicyclic) bond motifs is 1. The van der Waals surface area contributed by atoms with Crippen LogP contribution in [0.3, 0.4) is 0 Å². The minimum Gasteiger partial charge on any atom is -0.356 e. The first-order chi connectivity index (χ1) is 9.26. The molecule has 1 N–H and O–H groups in total. The van der Waals surface area contributed by atoms with Gasteiger partial charge in [-0.3, -0.25) is 0 Å². The van der Waals surface area contributed by atoms with E-state index in [1.807, 2.05) is 19.2 Å². The maximum absolute atomic E-state index is 4.71. The molecule has 0 unspecified atom stereocenters. The van der Waals surface area contributed by atoms with E-state index in [9.17, 15) is 0 Å². The zero-order valence-corrected chi connectivity index (χ0v) is 11.7. The predicted molar refractivity (Wildman–Crippen MR) is 82.6 cm³/mol. The molecule has 0 fully saturated rings. The van der Waals surface area contributed by atoms with Crippen molar-refractivity contribution in [2.45, 2.75) is 13.5 Å². The van der Waals surface area contributed by atoms with E-state index in [0.717, 1.165) is 31.0 Å². The quantitative estimate of drug-likeness (QED) is 0.804. The third-order valence-electron chi connectivity index (χ3n) is 3.15. The van der Waals surface area contributed by atoms with Crippen molar-refractivity contribution in [3.05, 3.63) is 48.6 Å². The van der Waals surface area contributed by atoms with Gasteiger partial charge in [-0.2, -0.15) is 0 Å². The molecule has 1 aromatic heterocycles. The second-order valence-corrected chi connectivity index (χ2v) is 4.61. The molecular weight excluding hydrogens is 234 g/mol. The Morgan fingerprint density at radius 3 is 2.89 bits per heavy atom. The van der Waals surface area contributed by atoms with Crippen molar-refractivity contribution in [1.82, 2.24) is 10.3 Å². The van der Waals surface area contributed by atoms with E-state index in [0.29, 0.717) is 0 Å². The SMILES string of the molecule is C=CCN(C)c1cc(CNCC)c2ccccc2n1.